The first-order chi connectivity index (χ1) is 13.9. The van der Waals surface area contributed by atoms with Crippen LogP contribution in [0, 0.1) is 5.92 Å². The number of carbonyl (C=O) groups excluding carboxylic acids is 3. The van der Waals surface area contributed by atoms with E-state index in [-0.39, 0.29) is 24.3 Å². The Bertz CT molecular complexity index is 806. The fraction of sp³-hybridized carbons (Fsp3) is 0.348. The number of esters is 1. The normalized spacial score (nSPS) is 12.7. The summed E-state index contributed by atoms with van der Waals surface area (Å²) in [4.78, 5) is 36.8. The van der Waals surface area contributed by atoms with E-state index in [9.17, 15) is 14.4 Å². The van der Waals surface area contributed by atoms with Crippen LogP contribution in [0.4, 0.5) is 0 Å². The van der Waals surface area contributed by atoms with E-state index in [1.54, 1.807) is 0 Å². The van der Waals surface area contributed by atoms with Crippen LogP contribution in [0.2, 0.25) is 0 Å². The molecule has 0 fully saturated rings. The number of amides is 2. The summed E-state index contributed by atoms with van der Waals surface area (Å²) in [5.41, 5.74) is 1.82. The van der Waals surface area contributed by atoms with Crippen molar-refractivity contribution in [3.63, 3.8) is 0 Å². The van der Waals surface area contributed by atoms with Crippen LogP contribution < -0.4 is 10.6 Å². The predicted molar refractivity (Wildman–Crippen MR) is 111 cm³/mol. The molecule has 0 aliphatic rings. The monoisotopic (exact) mass is 396 g/mol. The SMILES string of the molecule is CC(C)[C@H](NC(=O)Cc1ccccc1)C(=O)OCC(=O)N[C@H](C)c1ccccc1. The molecule has 29 heavy (non-hydrogen) atoms. The molecule has 0 aliphatic heterocycles. The van der Waals surface area contributed by atoms with Gasteiger partial charge in [0.1, 0.15) is 6.04 Å². The highest BCUT2D eigenvalue weighted by Crippen LogP contribution is 2.11. The van der Waals surface area contributed by atoms with Crippen LogP contribution >= 0.6 is 0 Å². The lowest BCUT2D eigenvalue weighted by Crippen LogP contribution is -2.46. The number of hydrogen-bond donors (Lipinski definition) is 2. The minimum absolute atomic E-state index is 0.173. The molecule has 2 aromatic carbocycles. The number of rotatable bonds is 9. The Labute approximate surface area is 171 Å². The van der Waals surface area contributed by atoms with Crippen LogP contribution in [0.1, 0.15) is 37.9 Å². The maximum atomic E-state index is 12.4. The molecule has 0 unspecified atom stereocenters. The van der Waals surface area contributed by atoms with Crippen molar-refractivity contribution < 1.29 is 19.1 Å². The average molecular weight is 396 g/mol. The van der Waals surface area contributed by atoms with Crippen LogP contribution in [0.15, 0.2) is 60.7 Å². The van der Waals surface area contributed by atoms with E-state index in [1.165, 1.54) is 0 Å². The summed E-state index contributed by atoms with van der Waals surface area (Å²) in [6.45, 7) is 5.09. The summed E-state index contributed by atoms with van der Waals surface area (Å²) in [6.07, 6.45) is 0.173. The van der Waals surface area contributed by atoms with Crippen LogP contribution in [-0.4, -0.2) is 30.4 Å². The van der Waals surface area contributed by atoms with Crippen molar-refractivity contribution in [3.8, 4) is 0 Å². The molecule has 6 nitrogen and oxygen atoms in total. The Morgan fingerprint density at radius 3 is 2.00 bits per heavy atom. The van der Waals surface area contributed by atoms with Gasteiger partial charge in [-0.2, -0.15) is 0 Å². The zero-order valence-corrected chi connectivity index (χ0v) is 17.1. The molecular weight excluding hydrogens is 368 g/mol. The predicted octanol–water partition coefficient (Wildman–Crippen LogP) is 2.79. The number of benzene rings is 2. The van der Waals surface area contributed by atoms with Crippen molar-refractivity contribution in [2.45, 2.75) is 39.3 Å². The molecule has 0 spiro atoms. The fourth-order valence-electron chi connectivity index (χ4n) is 2.84. The van der Waals surface area contributed by atoms with Crippen molar-refractivity contribution in [2.24, 2.45) is 5.92 Å². The van der Waals surface area contributed by atoms with Gasteiger partial charge in [0.25, 0.3) is 5.91 Å². The molecule has 2 N–H and O–H groups in total. The second kappa shape index (κ2) is 11.0. The summed E-state index contributed by atoms with van der Waals surface area (Å²) in [7, 11) is 0. The third kappa shape index (κ3) is 7.41. The molecule has 0 bridgehead atoms. The Kier molecular flexibility index (Phi) is 8.40. The molecule has 0 radical (unpaired) electrons. The second-order valence-corrected chi connectivity index (χ2v) is 7.26. The maximum Gasteiger partial charge on any atom is 0.329 e. The van der Waals surface area contributed by atoms with Gasteiger partial charge < -0.3 is 15.4 Å². The lowest BCUT2D eigenvalue weighted by Gasteiger charge is -2.21. The van der Waals surface area contributed by atoms with Crippen molar-refractivity contribution in [2.75, 3.05) is 6.61 Å². The van der Waals surface area contributed by atoms with Crippen LogP contribution in [0.25, 0.3) is 0 Å². The molecule has 6 heteroatoms. The Hall–Kier alpha value is -3.15. The highest BCUT2D eigenvalue weighted by atomic mass is 16.5. The summed E-state index contributed by atoms with van der Waals surface area (Å²) in [6, 6.07) is 17.8. The molecule has 2 rings (SSSR count). The van der Waals surface area contributed by atoms with E-state index in [1.807, 2.05) is 81.4 Å². The van der Waals surface area contributed by atoms with Gasteiger partial charge in [-0.15, -0.1) is 0 Å². The van der Waals surface area contributed by atoms with Gasteiger partial charge in [-0.3, -0.25) is 9.59 Å². The third-order valence-electron chi connectivity index (χ3n) is 4.47. The van der Waals surface area contributed by atoms with E-state index in [2.05, 4.69) is 10.6 Å². The van der Waals surface area contributed by atoms with Crippen LogP contribution in [-0.2, 0) is 25.5 Å². The van der Waals surface area contributed by atoms with E-state index in [0.29, 0.717) is 0 Å². The van der Waals surface area contributed by atoms with E-state index in [0.717, 1.165) is 11.1 Å². The summed E-state index contributed by atoms with van der Waals surface area (Å²) in [5.74, 6) is -1.46. The fourth-order valence-corrected chi connectivity index (χ4v) is 2.84. The van der Waals surface area contributed by atoms with Gasteiger partial charge in [0.05, 0.1) is 12.5 Å². The highest BCUT2D eigenvalue weighted by Gasteiger charge is 2.26. The zero-order valence-electron chi connectivity index (χ0n) is 17.1. The maximum absolute atomic E-state index is 12.4. The number of ether oxygens (including phenoxy) is 1. The first-order valence-corrected chi connectivity index (χ1v) is 9.71. The Morgan fingerprint density at radius 2 is 1.41 bits per heavy atom. The molecule has 2 amide bonds. The van der Waals surface area contributed by atoms with Gasteiger partial charge in [0, 0.05) is 0 Å². The van der Waals surface area contributed by atoms with Crippen molar-refractivity contribution in [1.29, 1.82) is 0 Å². The molecule has 154 valence electrons. The van der Waals surface area contributed by atoms with Gasteiger partial charge in [-0.1, -0.05) is 74.5 Å². The van der Waals surface area contributed by atoms with Gasteiger partial charge >= 0.3 is 5.97 Å². The van der Waals surface area contributed by atoms with Gasteiger partial charge in [-0.05, 0) is 24.0 Å². The van der Waals surface area contributed by atoms with E-state index < -0.39 is 24.5 Å². The van der Waals surface area contributed by atoms with Crippen molar-refractivity contribution in [3.05, 3.63) is 71.8 Å². The largest absolute Gasteiger partial charge is 0.454 e. The summed E-state index contributed by atoms with van der Waals surface area (Å²) in [5, 5.41) is 5.50. The molecule has 0 aliphatic carbocycles. The summed E-state index contributed by atoms with van der Waals surface area (Å²) >= 11 is 0. The van der Waals surface area contributed by atoms with E-state index >= 15 is 0 Å². The average Bonchev–Trinajstić information content (AvgIpc) is 2.71. The Balaban J connectivity index is 1.84. The van der Waals surface area contributed by atoms with Crippen molar-refractivity contribution in [1.82, 2.24) is 10.6 Å². The quantitative estimate of drug-likeness (QED) is 0.639. The van der Waals surface area contributed by atoms with Gasteiger partial charge in [0.15, 0.2) is 6.61 Å². The van der Waals surface area contributed by atoms with E-state index in [4.69, 9.17) is 4.74 Å². The zero-order chi connectivity index (χ0) is 21.2. The smallest absolute Gasteiger partial charge is 0.329 e. The molecule has 2 aromatic rings. The van der Waals surface area contributed by atoms with Crippen molar-refractivity contribution >= 4 is 17.8 Å². The standard InChI is InChI=1S/C23H28N2O4/c1-16(2)22(25-20(26)14-18-10-6-4-7-11-18)23(28)29-15-21(27)24-17(3)19-12-8-5-9-13-19/h4-13,16-17,22H,14-15H2,1-3H3,(H,24,27)(H,25,26)/t17-,22+/m1/s1. The Morgan fingerprint density at radius 1 is 0.828 bits per heavy atom. The van der Waals surface area contributed by atoms with Gasteiger partial charge in [-0.25, -0.2) is 4.79 Å². The molecule has 0 saturated heterocycles. The first-order valence-electron chi connectivity index (χ1n) is 9.71. The minimum atomic E-state index is -0.814. The minimum Gasteiger partial charge on any atom is -0.454 e. The molecule has 0 aromatic heterocycles. The molecule has 2 atom stereocenters. The highest BCUT2D eigenvalue weighted by molar-refractivity contribution is 5.87. The first kappa shape index (κ1) is 22.1. The summed E-state index contributed by atoms with van der Waals surface area (Å²) < 4.78 is 5.15. The second-order valence-electron chi connectivity index (χ2n) is 7.26. The number of carbonyl (C=O) groups is 3. The van der Waals surface area contributed by atoms with Crippen LogP contribution in [0.5, 0.6) is 0 Å². The van der Waals surface area contributed by atoms with Gasteiger partial charge in [0.2, 0.25) is 5.91 Å². The molecular formula is C23H28N2O4. The lowest BCUT2D eigenvalue weighted by molar-refractivity contribution is -0.152. The van der Waals surface area contributed by atoms with Crippen LogP contribution in [0.3, 0.4) is 0 Å². The number of hydrogen-bond acceptors (Lipinski definition) is 4. The third-order valence-corrected chi connectivity index (χ3v) is 4.47. The molecule has 0 heterocycles. The lowest BCUT2D eigenvalue weighted by atomic mass is 10.0. The number of nitrogens with one attached hydrogen (secondary N) is 2. The molecule has 0 saturated carbocycles. The topological polar surface area (TPSA) is 84.5 Å².